The fraction of sp³-hybridized carbons (Fsp3) is 0.625. The van der Waals surface area contributed by atoms with E-state index in [0.29, 0.717) is 12.1 Å². The number of nitrogens with zero attached hydrogens (tertiary/aromatic N) is 1. The zero-order valence-electron chi connectivity index (χ0n) is 11.3. The number of hydrogen-bond donors (Lipinski definition) is 1. The predicted molar refractivity (Wildman–Crippen MR) is 73.4 cm³/mol. The van der Waals surface area contributed by atoms with Gasteiger partial charge < -0.3 is 5.11 Å². The number of piperidine rings is 1. The Hall–Kier alpha value is -1.09. The number of likely N-dealkylation sites (tertiary alicyclic amines) is 1. The van der Waals surface area contributed by atoms with Crippen molar-refractivity contribution in [2.75, 3.05) is 13.1 Å². The van der Waals surface area contributed by atoms with Crippen LogP contribution in [0.1, 0.15) is 37.7 Å². The molecule has 19 heavy (non-hydrogen) atoms. The summed E-state index contributed by atoms with van der Waals surface area (Å²) < 4.78 is 13.3. The summed E-state index contributed by atoms with van der Waals surface area (Å²) in [7, 11) is 0. The number of rotatable bonds is 2. The van der Waals surface area contributed by atoms with E-state index < -0.39 is 5.82 Å². The number of halogens is 1. The summed E-state index contributed by atoms with van der Waals surface area (Å²) in [6.45, 7) is 2.87. The first kappa shape index (κ1) is 12.9. The van der Waals surface area contributed by atoms with Gasteiger partial charge in [-0.25, -0.2) is 4.39 Å². The van der Waals surface area contributed by atoms with Crippen molar-refractivity contribution < 1.29 is 9.50 Å². The molecule has 1 aliphatic heterocycles. The van der Waals surface area contributed by atoms with Gasteiger partial charge in [-0.05, 0) is 37.3 Å². The lowest BCUT2D eigenvalue weighted by atomic mass is 9.75. The number of hydrogen-bond acceptors (Lipinski definition) is 2. The largest absolute Gasteiger partial charge is 0.505 e. The third kappa shape index (κ3) is 2.76. The summed E-state index contributed by atoms with van der Waals surface area (Å²) in [5, 5.41) is 9.76. The van der Waals surface area contributed by atoms with Crippen molar-refractivity contribution in [2.45, 2.75) is 38.6 Å². The molecule has 0 amide bonds. The van der Waals surface area contributed by atoms with Crippen LogP contribution < -0.4 is 0 Å². The molecular weight excluding hydrogens is 241 g/mol. The van der Waals surface area contributed by atoms with Crippen LogP contribution in [0.4, 0.5) is 4.39 Å². The molecule has 104 valence electrons. The Kier molecular flexibility index (Phi) is 3.74. The number of fused-ring (bicyclic) bond motifs is 1. The van der Waals surface area contributed by atoms with E-state index >= 15 is 0 Å². The molecule has 0 radical (unpaired) electrons. The second-order valence-electron chi connectivity index (χ2n) is 6.08. The number of para-hydroxylation sites is 1. The van der Waals surface area contributed by atoms with E-state index in [1.54, 1.807) is 6.07 Å². The van der Waals surface area contributed by atoms with Gasteiger partial charge in [-0.15, -0.1) is 0 Å². The molecule has 0 bridgehead atoms. The highest BCUT2D eigenvalue weighted by Crippen LogP contribution is 2.36. The van der Waals surface area contributed by atoms with Crippen LogP contribution in [-0.4, -0.2) is 23.1 Å². The molecule has 1 aromatic carbocycles. The summed E-state index contributed by atoms with van der Waals surface area (Å²) in [6, 6.07) is 4.81. The predicted octanol–water partition coefficient (Wildman–Crippen LogP) is 3.54. The molecule has 2 unspecified atom stereocenters. The lowest BCUT2D eigenvalue weighted by molar-refractivity contribution is 0.0814. The Balaban J connectivity index is 1.66. The first-order valence-electron chi connectivity index (χ1n) is 7.43. The van der Waals surface area contributed by atoms with Gasteiger partial charge in [-0.1, -0.05) is 31.4 Å². The Morgan fingerprint density at radius 2 is 1.95 bits per heavy atom. The Bertz CT molecular complexity index is 448. The normalized spacial score (nSPS) is 28.1. The molecule has 1 heterocycles. The first-order chi connectivity index (χ1) is 9.24. The molecule has 0 spiro atoms. The highest BCUT2D eigenvalue weighted by molar-refractivity contribution is 5.33. The molecule has 1 saturated carbocycles. The number of aromatic hydroxyl groups is 1. The van der Waals surface area contributed by atoms with Crippen LogP contribution in [0.2, 0.25) is 0 Å². The van der Waals surface area contributed by atoms with Gasteiger partial charge in [-0.3, -0.25) is 4.90 Å². The van der Waals surface area contributed by atoms with Crippen LogP contribution in [0, 0.1) is 17.7 Å². The maximum Gasteiger partial charge on any atom is 0.165 e. The van der Waals surface area contributed by atoms with Crippen molar-refractivity contribution in [1.29, 1.82) is 0 Å². The molecule has 2 nitrogen and oxygen atoms in total. The van der Waals surface area contributed by atoms with Gasteiger partial charge in [0.1, 0.15) is 0 Å². The van der Waals surface area contributed by atoms with Gasteiger partial charge in [0, 0.05) is 18.7 Å². The molecule has 2 fully saturated rings. The van der Waals surface area contributed by atoms with Crippen LogP contribution in [0.5, 0.6) is 5.75 Å². The minimum Gasteiger partial charge on any atom is -0.505 e. The van der Waals surface area contributed by atoms with Crippen molar-refractivity contribution in [3.05, 3.63) is 29.6 Å². The van der Waals surface area contributed by atoms with Crippen molar-refractivity contribution in [3.8, 4) is 5.75 Å². The summed E-state index contributed by atoms with van der Waals surface area (Å²) in [5.74, 6) is 1.04. The molecule has 3 rings (SSSR count). The Morgan fingerprint density at radius 3 is 2.79 bits per heavy atom. The third-order valence-corrected chi connectivity index (χ3v) is 4.84. The minimum absolute atomic E-state index is 0.173. The topological polar surface area (TPSA) is 23.5 Å². The smallest absolute Gasteiger partial charge is 0.165 e. The summed E-state index contributed by atoms with van der Waals surface area (Å²) in [4.78, 5) is 2.38. The average molecular weight is 263 g/mol. The average Bonchev–Trinajstić information content (AvgIpc) is 2.44. The van der Waals surface area contributed by atoms with Crippen molar-refractivity contribution >= 4 is 0 Å². The molecule has 1 N–H and O–H groups in total. The van der Waals surface area contributed by atoms with Crippen LogP contribution >= 0.6 is 0 Å². The highest BCUT2D eigenvalue weighted by atomic mass is 19.1. The van der Waals surface area contributed by atoms with Crippen LogP contribution in [0.15, 0.2) is 18.2 Å². The molecule has 0 aromatic heterocycles. The lowest BCUT2D eigenvalue weighted by Gasteiger charge is -2.41. The van der Waals surface area contributed by atoms with Gasteiger partial charge in [0.2, 0.25) is 0 Å². The van der Waals surface area contributed by atoms with E-state index in [0.717, 1.165) is 24.9 Å². The van der Waals surface area contributed by atoms with Crippen LogP contribution in [0.25, 0.3) is 0 Å². The first-order valence-corrected chi connectivity index (χ1v) is 7.43. The SMILES string of the molecule is Oc1c(F)cccc1CN1CCC2CCCCC2C1. The number of phenolic OH excluding ortho intramolecular Hbond substituents is 1. The second-order valence-corrected chi connectivity index (χ2v) is 6.08. The van der Waals surface area contributed by atoms with Crippen LogP contribution in [-0.2, 0) is 6.54 Å². The monoisotopic (exact) mass is 263 g/mol. The van der Waals surface area contributed by atoms with E-state index in [1.807, 2.05) is 6.07 Å². The quantitative estimate of drug-likeness (QED) is 0.882. The zero-order chi connectivity index (χ0) is 13.2. The zero-order valence-corrected chi connectivity index (χ0v) is 11.3. The van der Waals surface area contributed by atoms with E-state index in [1.165, 1.54) is 38.2 Å². The van der Waals surface area contributed by atoms with Crippen LogP contribution in [0.3, 0.4) is 0 Å². The molecule has 1 saturated heterocycles. The molecule has 2 atom stereocenters. The summed E-state index contributed by atoms with van der Waals surface area (Å²) >= 11 is 0. The number of phenols is 1. The van der Waals surface area contributed by atoms with Gasteiger partial charge >= 0.3 is 0 Å². The lowest BCUT2D eigenvalue weighted by Crippen LogP contribution is -2.41. The third-order valence-electron chi connectivity index (χ3n) is 4.84. The van der Waals surface area contributed by atoms with Gasteiger partial charge in [0.05, 0.1) is 0 Å². The summed E-state index contributed by atoms with van der Waals surface area (Å²) in [5.41, 5.74) is 0.717. The van der Waals surface area contributed by atoms with E-state index in [4.69, 9.17) is 0 Å². The number of benzene rings is 1. The standard InChI is InChI=1S/C16H22FNO/c17-15-7-3-6-14(16(15)19)11-18-9-8-12-4-1-2-5-13(12)10-18/h3,6-7,12-13,19H,1-2,4-5,8-11H2. The molecule has 2 aliphatic rings. The fourth-order valence-corrected chi connectivity index (χ4v) is 3.75. The fourth-order valence-electron chi connectivity index (χ4n) is 3.75. The molecular formula is C16H22FNO. The van der Waals surface area contributed by atoms with E-state index in [-0.39, 0.29) is 5.75 Å². The van der Waals surface area contributed by atoms with Crippen molar-refractivity contribution in [1.82, 2.24) is 4.90 Å². The highest BCUT2D eigenvalue weighted by Gasteiger charge is 2.31. The Labute approximate surface area is 114 Å². The van der Waals surface area contributed by atoms with Crippen molar-refractivity contribution in [3.63, 3.8) is 0 Å². The van der Waals surface area contributed by atoms with Gasteiger partial charge in [0.15, 0.2) is 11.6 Å². The molecule has 1 aromatic rings. The molecule has 3 heteroatoms. The maximum absolute atomic E-state index is 13.3. The van der Waals surface area contributed by atoms with Crippen molar-refractivity contribution in [2.24, 2.45) is 11.8 Å². The summed E-state index contributed by atoms with van der Waals surface area (Å²) in [6.07, 6.45) is 6.76. The van der Waals surface area contributed by atoms with Gasteiger partial charge in [-0.2, -0.15) is 0 Å². The van der Waals surface area contributed by atoms with Gasteiger partial charge in [0.25, 0.3) is 0 Å². The van der Waals surface area contributed by atoms with E-state index in [9.17, 15) is 9.50 Å². The van der Waals surface area contributed by atoms with E-state index in [2.05, 4.69) is 4.90 Å². The molecule has 1 aliphatic carbocycles. The Morgan fingerprint density at radius 1 is 1.16 bits per heavy atom. The second kappa shape index (κ2) is 5.49. The maximum atomic E-state index is 13.3. The minimum atomic E-state index is -0.509.